The SMILES string of the molecule is O=C([C@@H]1C[C@@H]2CCCC[C@@H]2N1C(=O)[C@@H]1C[C@@H]1c1ccccc1)N1CC=CC1. The zero-order valence-electron chi connectivity index (χ0n) is 15.8. The first-order valence-electron chi connectivity index (χ1n) is 10.5. The number of fused-ring (bicyclic) bond motifs is 1. The fourth-order valence-corrected chi connectivity index (χ4v) is 5.59. The average molecular weight is 364 g/mol. The van der Waals surface area contributed by atoms with Crippen molar-refractivity contribution in [3.05, 3.63) is 48.0 Å². The number of hydrogen-bond donors (Lipinski definition) is 0. The monoisotopic (exact) mass is 364 g/mol. The molecule has 2 amide bonds. The Hall–Kier alpha value is -2.10. The number of carbonyl (C=O) groups is 2. The largest absolute Gasteiger partial charge is 0.333 e. The fourth-order valence-electron chi connectivity index (χ4n) is 5.59. The second-order valence-corrected chi connectivity index (χ2v) is 8.68. The average Bonchev–Trinajstić information content (AvgIpc) is 3.14. The minimum Gasteiger partial charge on any atom is -0.333 e. The molecule has 1 aromatic rings. The van der Waals surface area contributed by atoms with Gasteiger partial charge in [-0.15, -0.1) is 0 Å². The normalized spacial score (nSPS) is 34.6. The van der Waals surface area contributed by atoms with Crippen LogP contribution in [0.5, 0.6) is 0 Å². The summed E-state index contributed by atoms with van der Waals surface area (Å²) in [5, 5.41) is 0. The van der Waals surface area contributed by atoms with Gasteiger partial charge >= 0.3 is 0 Å². The van der Waals surface area contributed by atoms with Crippen molar-refractivity contribution >= 4 is 11.8 Å². The van der Waals surface area contributed by atoms with Crippen LogP contribution in [0.25, 0.3) is 0 Å². The van der Waals surface area contributed by atoms with E-state index in [1.807, 2.05) is 11.0 Å². The summed E-state index contributed by atoms with van der Waals surface area (Å²) in [7, 11) is 0. The van der Waals surface area contributed by atoms with Gasteiger partial charge in [-0.2, -0.15) is 0 Å². The molecule has 2 aliphatic carbocycles. The Morgan fingerprint density at radius 1 is 0.889 bits per heavy atom. The van der Waals surface area contributed by atoms with E-state index in [0.717, 1.165) is 19.3 Å². The number of likely N-dealkylation sites (tertiary alicyclic amines) is 1. The van der Waals surface area contributed by atoms with Crippen molar-refractivity contribution in [2.45, 2.75) is 56.5 Å². The third kappa shape index (κ3) is 2.99. The van der Waals surface area contributed by atoms with E-state index in [0.29, 0.717) is 24.9 Å². The van der Waals surface area contributed by atoms with Crippen LogP contribution in [0.15, 0.2) is 42.5 Å². The van der Waals surface area contributed by atoms with Crippen molar-refractivity contribution in [1.82, 2.24) is 9.80 Å². The van der Waals surface area contributed by atoms with Crippen LogP contribution in [0.1, 0.15) is 50.0 Å². The summed E-state index contributed by atoms with van der Waals surface area (Å²) in [5.41, 5.74) is 1.27. The summed E-state index contributed by atoms with van der Waals surface area (Å²) < 4.78 is 0. The molecule has 0 radical (unpaired) electrons. The van der Waals surface area contributed by atoms with Crippen LogP contribution < -0.4 is 0 Å². The number of amides is 2. The number of carbonyl (C=O) groups excluding carboxylic acids is 2. The van der Waals surface area contributed by atoms with E-state index in [-0.39, 0.29) is 29.8 Å². The molecule has 0 unspecified atom stereocenters. The Balaban J connectivity index is 1.37. The van der Waals surface area contributed by atoms with Crippen molar-refractivity contribution < 1.29 is 9.59 Å². The minimum absolute atomic E-state index is 0.0695. The molecule has 0 spiro atoms. The van der Waals surface area contributed by atoms with Gasteiger partial charge in [0.1, 0.15) is 6.04 Å². The van der Waals surface area contributed by atoms with Gasteiger partial charge in [0.15, 0.2) is 0 Å². The third-order valence-electron chi connectivity index (χ3n) is 7.09. The lowest BCUT2D eigenvalue weighted by Crippen LogP contribution is -2.51. The van der Waals surface area contributed by atoms with Crippen molar-refractivity contribution in [2.24, 2.45) is 11.8 Å². The van der Waals surface area contributed by atoms with Crippen molar-refractivity contribution in [3.63, 3.8) is 0 Å². The molecule has 4 nitrogen and oxygen atoms in total. The van der Waals surface area contributed by atoms with E-state index in [9.17, 15) is 9.59 Å². The quantitative estimate of drug-likeness (QED) is 0.772. The second kappa shape index (κ2) is 6.81. The predicted molar refractivity (Wildman–Crippen MR) is 104 cm³/mol. The summed E-state index contributed by atoms with van der Waals surface area (Å²) in [5.74, 6) is 1.33. The van der Waals surface area contributed by atoms with E-state index in [1.165, 1.54) is 24.8 Å². The molecule has 2 heterocycles. The van der Waals surface area contributed by atoms with Crippen LogP contribution in [-0.2, 0) is 9.59 Å². The van der Waals surface area contributed by atoms with Gasteiger partial charge in [-0.3, -0.25) is 9.59 Å². The Labute approximate surface area is 161 Å². The van der Waals surface area contributed by atoms with Crippen LogP contribution in [0, 0.1) is 11.8 Å². The van der Waals surface area contributed by atoms with E-state index in [4.69, 9.17) is 0 Å². The molecule has 5 atom stereocenters. The first-order valence-corrected chi connectivity index (χ1v) is 10.5. The van der Waals surface area contributed by atoms with Crippen molar-refractivity contribution in [1.29, 1.82) is 0 Å². The highest BCUT2D eigenvalue weighted by Crippen LogP contribution is 2.51. The standard InChI is InChI=1S/C23H28N2O2/c26-22(19-15-18(19)16-8-2-1-3-9-16)25-20-11-5-4-10-17(20)14-21(25)23(27)24-12-6-7-13-24/h1-3,6-9,17-21H,4-5,10-15H2/t17-,18+,19+,20-,21-/m0/s1. The molecule has 3 fully saturated rings. The molecule has 2 saturated carbocycles. The maximum atomic E-state index is 13.5. The number of nitrogens with zero attached hydrogens (tertiary/aromatic N) is 2. The van der Waals surface area contributed by atoms with Gasteiger partial charge in [0.25, 0.3) is 0 Å². The molecule has 1 saturated heterocycles. The van der Waals surface area contributed by atoms with Gasteiger partial charge in [0.05, 0.1) is 0 Å². The maximum Gasteiger partial charge on any atom is 0.245 e. The van der Waals surface area contributed by atoms with Crippen LogP contribution in [0.4, 0.5) is 0 Å². The van der Waals surface area contributed by atoms with Gasteiger partial charge in [-0.1, -0.05) is 55.3 Å². The van der Waals surface area contributed by atoms with Crippen molar-refractivity contribution in [3.8, 4) is 0 Å². The maximum absolute atomic E-state index is 13.5. The Morgan fingerprint density at radius 2 is 1.63 bits per heavy atom. The van der Waals surface area contributed by atoms with Gasteiger partial charge in [0.2, 0.25) is 11.8 Å². The third-order valence-corrected chi connectivity index (χ3v) is 7.09. The number of benzene rings is 1. The van der Waals surface area contributed by atoms with Gasteiger partial charge in [0, 0.05) is 25.0 Å². The number of rotatable bonds is 3. The topological polar surface area (TPSA) is 40.6 Å². The predicted octanol–water partition coefficient (Wildman–Crippen LogP) is 3.35. The smallest absolute Gasteiger partial charge is 0.245 e. The van der Waals surface area contributed by atoms with Crippen LogP contribution in [0.3, 0.4) is 0 Å². The van der Waals surface area contributed by atoms with Gasteiger partial charge < -0.3 is 9.80 Å². The van der Waals surface area contributed by atoms with Gasteiger partial charge in [-0.25, -0.2) is 0 Å². The highest BCUT2D eigenvalue weighted by Gasteiger charge is 2.54. The highest BCUT2D eigenvalue weighted by molar-refractivity contribution is 5.91. The number of hydrogen-bond acceptors (Lipinski definition) is 2. The van der Waals surface area contributed by atoms with E-state index >= 15 is 0 Å². The summed E-state index contributed by atoms with van der Waals surface area (Å²) >= 11 is 0. The lowest BCUT2D eigenvalue weighted by molar-refractivity contribution is -0.145. The molecule has 1 aromatic carbocycles. The Kier molecular flexibility index (Phi) is 4.30. The molecule has 4 aliphatic rings. The summed E-state index contributed by atoms with van der Waals surface area (Å²) in [6.45, 7) is 1.39. The molecule has 0 aromatic heterocycles. The van der Waals surface area contributed by atoms with Crippen molar-refractivity contribution in [2.75, 3.05) is 13.1 Å². The summed E-state index contributed by atoms with van der Waals surface area (Å²) in [6, 6.07) is 10.4. The molecule has 4 heteroatoms. The second-order valence-electron chi connectivity index (χ2n) is 8.68. The molecule has 5 rings (SSSR count). The zero-order chi connectivity index (χ0) is 18.4. The first-order chi connectivity index (χ1) is 13.2. The summed E-state index contributed by atoms with van der Waals surface area (Å²) in [6.07, 6.45) is 10.6. The molecular formula is C23H28N2O2. The Bertz CT molecular complexity index is 751. The van der Waals surface area contributed by atoms with Crippen LogP contribution in [0.2, 0.25) is 0 Å². The molecule has 142 valence electrons. The van der Waals surface area contributed by atoms with E-state index in [1.54, 1.807) is 0 Å². The van der Waals surface area contributed by atoms with E-state index < -0.39 is 0 Å². The Morgan fingerprint density at radius 3 is 2.41 bits per heavy atom. The highest BCUT2D eigenvalue weighted by atomic mass is 16.2. The lowest BCUT2D eigenvalue weighted by Gasteiger charge is -2.35. The minimum atomic E-state index is -0.234. The van der Waals surface area contributed by atoms with Gasteiger partial charge in [-0.05, 0) is 43.1 Å². The molecule has 0 N–H and O–H groups in total. The zero-order valence-corrected chi connectivity index (χ0v) is 15.8. The summed E-state index contributed by atoms with van der Waals surface area (Å²) in [4.78, 5) is 30.7. The molecular weight excluding hydrogens is 336 g/mol. The molecule has 27 heavy (non-hydrogen) atoms. The fraction of sp³-hybridized carbons (Fsp3) is 0.565. The lowest BCUT2D eigenvalue weighted by atomic mass is 9.84. The van der Waals surface area contributed by atoms with E-state index in [2.05, 4.69) is 41.3 Å². The molecule has 0 bridgehead atoms. The van der Waals surface area contributed by atoms with Crippen LogP contribution in [-0.4, -0.2) is 46.8 Å². The molecule has 2 aliphatic heterocycles. The van der Waals surface area contributed by atoms with Crippen LogP contribution >= 0.6 is 0 Å². The first kappa shape index (κ1) is 17.0.